The molecule has 0 radical (unpaired) electrons. The lowest BCUT2D eigenvalue weighted by atomic mass is 10.2. The predicted molar refractivity (Wildman–Crippen MR) is 129 cm³/mol. The molecule has 2 N–H and O–H groups in total. The molecule has 7 nitrogen and oxygen atoms in total. The molecule has 0 aromatic heterocycles. The highest BCUT2D eigenvalue weighted by Crippen LogP contribution is 2.25. The summed E-state index contributed by atoms with van der Waals surface area (Å²) >= 11 is 1.54. The van der Waals surface area contributed by atoms with E-state index in [1.807, 2.05) is 6.26 Å². The molecule has 0 aliphatic rings. The summed E-state index contributed by atoms with van der Waals surface area (Å²) < 4.78 is 27.0. The topological polar surface area (TPSA) is 95.6 Å². The van der Waals surface area contributed by atoms with E-state index in [1.54, 1.807) is 72.8 Å². The highest BCUT2D eigenvalue weighted by atomic mass is 32.2. The largest absolute Gasteiger partial charge is 0.326 e. The molecule has 0 aliphatic carbocycles. The summed E-state index contributed by atoms with van der Waals surface area (Å²) in [4.78, 5) is 24.8. The number of anilines is 3. The maximum Gasteiger partial charge on any atom is 0.264 e. The van der Waals surface area contributed by atoms with Gasteiger partial charge in [-0.2, -0.15) is 0 Å². The first-order valence-corrected chi connectivity index (χ1v) is 12.3. The summed E-state index contributed by atoms with van der Waals surface area (Å²) in [5.41, 5.74) is 2.03. The van der Waals surface area contributed by atoms with Gasteiger partial charge in [-0.15, -0.1) is 11.8 Å². The van der Waals surface area contributed by atoms with Gasteiger partial charge in [-0.1, -0.05) is 0 Å². The number of benzene rings is 3. The van der Waals surface area contributed by atoms with Crippen LogP contribution in [0.5, 0.6) is 0 Å². The molecular weight excluding hydrogens is 446 g/mol. The van der Waals surface area contributed by atoms with Crippen LogP contribution in [0.4, 0.5) is 17.1 Å². The second-order valence-electron chi connectivity index (χ2n) is 6.91. The van der Waals surface area contributed by atoms with Gasteiger partial charge in [0.05, 0.1) is 10.6 Å². The van der Waals surface area contributed by atoms with Crippen LogP contribution in [-0.4, -0.2) is 33.5 Å². The van der Waals surface area contributed by atoms with Crippen LogP contribution >= 0.6 is 11.8 Å². The first-order chi connectivity index (χ1) is 15.2. The standard InChI is InChI=1S/C23H23N3O4S2/c1-16(27)24-18-6-8-19(9-7-18)25-23(28)17-4-10-20(11-5-17)26(2)32(29,30)22-14-12-21(31-3)13-15-22/h4-15H,1-3H3,(H,24,27)(H,25,28). The molecule has 0 heterocycles. The minimum atomic E-state index is -3.72. The molecule has 32 heavy (non-hydrogen) atoms. The zero-order valence-corrected chi connectivity index (χ0v) is 19.5. The van der Waals surface area contributed by atoms with E-state index in [-0.39, 0.29) is 16.7 Å². The Morgan fingerprint density at radius 1 is 0.812 bits per heavy atom. The van der Waals surface area contributed by atoms with Crippen molar-refractivity contribution in [1.29, 1.82) is 0 Å². The van der Waals surface area contributed by atoms with E-state index in [9.17, 15) is 18.0 Å². The molecule has 2 amide bonds. The van der Waals surface area contributed by atoms with Gasteiger partial charge in [-0.25, -0.2) is 8.42 Å². The predicted octanol–water partition coefficient (Wildman–Crippen LogP) is 4.44. The number of sulfonamides is 1. The van der Waals surface area contributed by atoms with Crippen LogP contribution in [0.3, 0.4) is 0 Å². The third-order valence-electron chi connectivity index (χ3n) is 4.67. The number of carbonyl (C=O) groups is 2. The summed E-state index contributed by atoms with van der Waals surface area (Å²) in [6.45, 7) is 1.42. The Balaban J connectivity index is 1.70. The number of nitrogens with one attached hydrogen (secondary N) is 2. The summed E-state index contributed by atoms with van der Waals surface area (Å²) in [7, 11) is -2.24. The lowest BCUT2D eigenvalue weighted by molar-refractivity contribution is -0.114. The monoisotopic (exact) mass is 469 g/mol. The van der Waals surface area contributed by atoms with E-state index < -0.39 is 10.0 Å². The number of rotatable bonds is 7. The van der Waals surface area contributed by atoms with E-state index in [2.05, 4.69) is 10.6 Å². The molecule has 9 heteroatoms. The fourth-order valence-electron chi connectivity index (χ4n) is 2.91. The Bertz CT molecular complexity index is 1210. The summed E-state index contributed by atoms with van der Waals surface area (Å²) in [5.74, 6) is -0.507. The second-order valence-corrected chi connectivity index (χ2v) is 9.76. The Labute approximate surface area is 191 Å². The first-order valence-electron chi connectivity index (χ1n) is 9.63. The van der Waals surface area contributed by atoms with Crippen molar-refractivity contribution in [2.75, 3.05) is 28.2 Å². The highest BCUT2D eigenvalue weighted by Gasteiger charge is 2.21. The van der Waals surface area contributed by atoms with Gasteiger partial charge in [0.1, 0.15) is 0 Å². The lowest BCUT2D eigenvalue weighted by Gasteiger charge is -2.20. The van der Waals surface area contributed by atoms with Crippen molar-refractivity contribution in [3.05, 3.63) is 78.4 Å². The summed E-state index contributed by atoms with van der Waals surface area (Å²) in [6.07, 6.45) is 1.92. The number of hydrogen-bond donors (Lipinski definition) is 2. The molecule has 0 unspecified atom stereocenters. The average molecular weight is 470 g/mol. The van der Waals surface area contributed by atoms with E-state index in [1.165, 1.54) is 30.0 Å². The van der Waals surface area contributed by atoms with Crippen LogP contribution in [0.1, 0.15) is 17.3 Å². The minimum absolute atomic E-state index is 0.175. The molecule has 3 aromatic carbocycles. The Morgan fingerprint density at radius 3 is 1.84 bits per heavy atom. The van der Waals surface area contributed by atoms with Crippen molar-refractivity contribution in [2.45, 2.75) is 16.7 Å². The number of hydrogen-bond acceptors (Lipinski definition) is 5. The maximum atomic E-state index is 12.9. The van der Waals surface area contributed by atoms with Gasteiger partial charge in [-0.05, 0) is 79.1 Å². The number of thioether (sulfide) groups is 1. The molecular formula is C23H23N3O4S2. The zero-order valence-electron chi connectivity index (χ0n) is 17.8. The second kappa shape index (κ2) is 9.88. The van der Waals surface area contributed by atoms with Crippen molar-refractivity contribution in [3.63, 3.8) is 0 Å². The third-order valence-corrected chi connectivity index (χ3v) is 7.22. The summed E-state index contributed by atoms with van der Waals surface area (Å²) in [5, 5.41) is 5.43. The van der Waals surface area contributed by atoms with Gasteiger partial charge < -0.3 is 10.6 Å². The highest BCUT2D eigenvalue weighted by molar-refractivity contribution is 7.98. The van der Waals surface area contributed by atoms with Gasteiger partial charge in [0.2, 0.25) is 5.91 Å². The van der Waals surface area contributed by atoms with Crippen LogP contribution in [0.15, 0.2) is 82.6 Å². The minimum Gasteiger partial charge on any atom is -0.326 e. The lowest BCUT2D eigenvalue weighted by Crippen LogP contribution is -2.26. The molecule has 0 atom stereocenters. The Morgan fingerprint density at radius 2 is 1.34 bits per heavy atom. The fraction of sp³-hybridized carbons (Fsp3) is 0.130. The van der Waals surface area contributed by atoms with Crippen molar-refractivity contribution in [3.8, 4) is 0 Å². The molecule has 0 spiro atoms. The van der Waals surface area contributed by atoms with Crippen LogP contribution in [0.25, 0.3) is 0 Å². The van der Waals surface area contributed by atoms with Gasteiger partial charge in [0.25, 0.3) is 15.9 Å². The number of amides is 2. The van der Waals surface area contributed by atoms with Crippen LogP contribution in [0.2, 0.25) is 0 Å². The molecule has 0 bridgehead atoms. The molecule has 3 aromatic rings. The molecule has 0 saturated heterocycles. The van der Waals surface area contributed by atoms with Crippen molar-refractivity contribution in [1.82, 2.24) is 0 Å². The summed E-state index contributed by atoms with van der Waals surface area (Å²) in [6, 6.07) is 19.7. The van der Waals surface area contributed by atoms with Crippen LogP contribution < -0.4 is 14.9 Å². The molecule has 166 valence electrons. The average Bonchev–Trinajstić information content (AvgIpc) is 2.79. The SMILES string of the molecule is CSc1ccc(S(=O)(=O)N(C)c2ccc(C(=O)Nc3ccc(NC(C)=O)cc3)cc2)cc1. The molecule has 0 aliphatic heterocycles. The van der Waals surface area contributed by atoms with Crippen LogP contribution in [-0.2, 0) is 14.8 Å². The molecule has 0 saturated carbocycles. The molecule has 3 rings (SSSR count). The zero-order chi connectivity index (χ0) is 23.3. The number of carbonyl (C=O) groups excluding carboxylic acids is 2. The van der Waals surface area contributed by atoms with Gasteiger partial charge in [-0.3, -0.25) is 13.9 Å². The maximum absolute atomic E-state index is 12.9. The smallest absolute Gasteiger partial charge is 0.264 e. The quantitative estimate of drug-likeness (QED) is 0.499. The van der Waals surface area contributed by atoms with Crippen molar-refractivity contribution >= 4 is 50.7 Å². The number of nitrogens with zero attached hydrogens (tertiary/aromatic N) is 1. The fourth-order valence-corrected chi connectivity index (χ4v) is 4.51. The van der Waals surface area contributed by atoms with Gasteiger partial charge in [0, 0.05) is 35.8 Å². The van der Waals surface area contributed by atoms with E-state index >= 15 is 0 Å². The van der Waals surface area contributed by atoms with Gasteiger partial charge >= 0.3 is 0 Å². The van der Waals surface area contributed by atoms with E-state index in [0.717, 1.165) is 4.90 Å². The van der Waals surface area contributed by atoms with Crippen LogP contribution in [0, 0.1) is 0 Å². The Kier molecular flexibility index (Phi) is 7.22. The third kappa shape index (κ3) is 5.49. The Hall–Kier alpha value is -3.30. The van der Waals surface area contributed by atoms with Crippen molar-refractivity contribution in [2.24, 2.45) is 0 Å². The normalized spacial score (nSPS) is 11.0. The van der Waals surface area contributed by atoms with E-state index in [4.69, 9.17) is 0 Å². The van der Waals surface area contributed by atoms with E-state index in [0.29, 0.717) is 22.6 Å². The van der Waals surface area contributed by atoms with Crippen molar-refractivity contribution < 1.29 is 18.0 Å². The first kappa shape index (κ1) is 23.4. The van der Waals surface area contributed by atoms with Gasteiger partial charge in [0.15, 0.2) is 0 Å². The molecule has 0 fully saturated rings.